The maximum Gasteiger partial charge on any atom is 0.411 e. The summed E-state index contributed by atoms with van der Waals surface area (Å²) in [6, 6.07) is 13.9. The third kappa shape index (κ3) is 8.06. The number of ether oxygens (including phenoxy) is 2. The topological polar surface area (TPSA) is 130 Å². The van der Waals surface area contributed by atoms with Gasteiger partial charge in [0.1, 0.15) is 11.5 Å². The molecular weight excluding hydrogens is 521 g/mol. The van der Waals surface area contributed by atoms with Crippen molar-refractivity contribution in [3.8, 4) is 11.5 Å². The number of carboxylic acid groups (broad SMARTS) is 1. The number of methoxy groups -OCH3 is 1. The maximum absolute atomic E-state index is 11.6. The number of aryl methyl sites for hydroxylation is 1. The number of carboxylic acids is 1. The van der Waals surface area contributed by atoms with Crippen molar-refractivity contribution < 1.29 is 29.3 Å². The summed E-state index contributed by atoms with van der Waals surface area (Å²) in [6.45, 7) is 0.430. The van der Waals surface area contributed by atoms with Crippen molar-refractivity contribution in [1.82, 2.24) is 10.3 Å². The van der Waals surface area contributed by atoms with E-state index in [0.717, 1.165) is 30.4 Å². The Hall–Kier alpha value is -3.37. The van der Waals surface area contributed by atoms with Crippen LogP contribution in [-0.2, 0) is 17.6 Å². The van der Waals surface area contributed by atoms with E-state index in [4.69, 9.17) is 4.74 Å². The zero-order valence-corrected chi connectivity index (χ0v) is 21.7. The number of aliphatic hydroxyl groups excluding tert-OH is 1. The highest BCUT2D eigenvalue weighted by molar-refractivity contribution is 5.92. The molecule has 1 aliphatic rings. The summed E-state index contributed by atoms with van der Waals surface area (Å²) in [4.78, 5) is 27.1. The molecule has 2 atom stereocenters. The second-order valence-electron chi connectivity index (χ2n) is 8.35. The van der Waals surface area contributed by atoms with Crippen LogP contribution in [0.4, 0.5) is 10.5 Å². The number of amides is 1. The van der Waals surface area contributed by atoms with Gasteiger partial charge in [-0.05, 0) is 60.7 Å². The number of nitrogens with one attached hydrogen (secondary N) is 2. The fourth-order valence-corrected chi connectivity index (χ4v) is 4.10. The van der Waals surface area contributed by atoms with Crippen LogP contribution < -0.4 is 15.4 Å². The molecule has 0 unspecified atom stereocenters. The van der Waals surface area contributed by atoms with Gasteiger partial charge in [0.15, 0.2) is 0 Å². The highest BCUT2D eigenvalue weighted by Gasteiger charge is 2.20. The van der Waals surface area contributed by atoms with E-state index in [2.05, 4.69) is 20.4 Å². The quantitative estimate of drug-likeness (QED) is 0.316. The number of rotatable bonds is 8. The first-order valence-electron chi connectivity index (χ1n) is 11.3. The lowest BCUT2D eigenvalue weighted by atomic mass is 9.88. The molecule has 0 spiro atoms. The van der Waals surface area contributed by atoms with Crippen molar-refractivity contribution in [1.29, 1.82) is 0 Å². The van der Waals surface area contributed by atoms with Gasteiger partial charge < -0.3 is 25.0 Å². The molecule has 37 heavy (non-hydrogen) atoms. The summed E-state index contributed by atoms with van der Waals surface area (Å²) < 4.78 is 10.5. The van der Waals surface area contributed by atoms with Gasteiger partial charge in [0.2, 0.25) is 0 Å². The van der Waals surface area contributed by atoms with Crippen LogP contribution in [0.3, 0.4) is 0 Å². The maximum atomic E-state index is 11.6. The number of hydrogen-bond donors (Lipinski definition) is 4. The van der Waals surface area contributed by atoms with Crippen LogP contribution in [0.15, 0.2) is 60.9 Å². The number of carbonyl (C=O) groups is 2. The van der Waals surface area contributed by atoms with Gasteiger partial charge in [-0.25, -0.2) is 9.59 Å². The third-order valence-corrected chi connectivity index (χ3v) is 5.90. The predicted octanol–water partition coefficient (Wildman–Crippen LogP) is 4.77. The summed E-state index contributed by atoms with van der Waals surface area (Å²) in [6.07, 6.45) is 4.63. The number of aromatic carboxylic acids is 1. The Labute approximate surface area is 227 Å². The highest BCUT2D eigenvalue weighted by atomic mass is 35.5. The van der Waals surface area contributed by atoms with Crippen LogP contribution in [-0.4, -0.2) is 47.0 Å². The van der Waals surface area contributed by atoms with Crippen LogP contribution >= 0.6 is 24.8 Å². The molecule has 4 rings (SSSR count). The molecule has 1 heterocycles. The van der Waals surface area contributed by atoms with E-state index in [0.29, 0.717) is 12.3 Å². The van der Waals surface area contributed by atoms with Crippen molar-refractivity contribution in [2.24, 2.45) is 0 Å². The van der Waals surface area contributed by atoms with E-state index in [1.807, 2.05) is 24.3 Å². The number of aliphatic hydroxyl groups is 1. The van der Waals surface area contributed by atoms with Crippen LogP contribution in [0, 0.1) is 0 Å². The average molecular weight is 550 g/mol. The summed E-state index contributed by atoms with van der Waals surface area (Å²) in [5, 5.41) is 25.7. The van der Waals surface area contributed by atoms with Gasteiger partial charge >= 0.3 is 12.1 Å². The first kappa shape index (κ1) is 29.9. The standard InChI is InChI=1S/C26H27N3O6.2ClH/c1-34-26(33)29-21-10-19(25(31)32)12-23(13-21)35-22-7-5-16-4-6-20(9-18(16)11-22)28-15-24(30)17-3-2-8-27-14-17;;/h2-3,5,7-8,10-14,20,24,28,30H,4,6,9,15H2,1H3,(H,29,33)(H,31,32);2*1H/t20-,24-;;/m0../s1. The summed E-state index contributed by atoms with van der Waals surface area (Å²) in [7, 11) is 1.22. The monoisotopic (exact) mass is 549 g/mol. The minimum absolute atomic E-state index is 0. The molecule has 4 N–H and O–H groups in total. The number of benzene rings is 2. The van der Waals surface area contributed by atoms with Crippen LogP contribution in [0.5, 0.6) is 11.5 Å². The Kier molecular flexibility index (Phi) is 11.1. The van der Waals surface area contributed by atoms with Crippen LogP contribution in [0.2, 0.25) is 0 Å². The van der Waals surface area contributed by atoms with E-state index in [9.17, 15) is 19.8 Å². The molecule has 0 aliphatic heterocycles. The lowest BCUT2D eigenvalue weighted by Crippen LogP contribution is -2.37. The molecule has 0 bridgehead atoms. The Morgan fingerprint density at radius 3 is 2.62 bits per heavy atom. The largest absolute Gasteiger partial charge is 0.478 e. The first-order chi connectivity index (χ1) is 16.9. The Bertz CT molecular complexity index is 1210. The number of pyridine rings is 1. The Morgan fingerprint density at radius 1 is 1.11 bits per heavy atom. The number of halogens is 2. The molecule has 1 aliphatic carbocycles. The molecule has 11 heteroatoms. The van der Waals surface area contributed by atoms with Crippen LogP contribution in [0.25, 0.3) is 0 Å². The SMILES string of the molecule is COC(=O)Nc1cc(Oc2ccc3c(c2)C[C@@H](NC[C@H](O)c2cccnc2)CC3)cc(C(=O)O)c1.Cl.Cl. The molecule has 198 valence electrons. The van der Waals surface area contributed by atoms with Crippen molar-refractivity contribution in [3.05, 3.63) is 83.2 Å². The second kappa shape index (κ2) is 13.8. The minimum atomic E-state index is -1.14. The number of hydrogen-bond acceptors (Lipinski definition) is 7. The fraction of sp³-hybridized carbons (Fsp3) is 0.269. The first-order valence-corrected chi connectivity index (χ1v) is 11.3. The number of fused-ring (bicyclic) bond motifs is 1. The van der Waals surface area contributed by atoms with E-state index < -0.39 is 18.2 Å². The number of anilines is 1. The summed E-state index contributed by atoms with van der Waals surface area (Å²) in [5.41, 5.74) is 3.36. The molecule has 2 aromatic carbocycles. The predicted molar refractivity (Wildman–Crippen MR) is 143 cm³/mol. The Balaban J connectivity index is 0.00000241. The van der Waals surface area contributed by atoms with Crippen molar-refractivity contribution in [2.45, 2.75) is 31.4 Å². The average Bonchev–Trinajstić information content (AvgIpc) is 2.87. The van der Waals surface area contributed by atoms with Gasteiger partial charge in [-0.1, -0.05) is 12.1 Å². The molecule has 9 nitrogen and oxygen atoms in total. The lowest BCUT2D eigenvalue weighted by molar-refractivity contribution is 0.0696. The zero-order valence-electron chi connectivity index (χ0n) is 20.0. The fourth-order valence-electron chi connectivity index (χ4n) is 4.10. The molecule has 1 aromatic heterocycles. The lowest BCUT2D eigenvalue weighted by Gasteiger charge is -2.27. The molecule has 3 aromatic rings. The van der Waals surface area contributed by atoms with E-state index in [1.165, 1.54) is 30.9 Å². The van der Waals surface area contributed by atoms with Gasteiger partial charge in [-0.2, -0.15) is 0 Å². The molecule has 0 saturated heterocycles. The van der Waals surface area contributed by atoms with Crippen molar-refractivity contribution in [2.75, 3.05) is 19.0 Å². The van der Waals surface area contributed by atoms with Gasteiger partial charge in [0, 0.05) is 42.3 Å². The molecule has 0 saturated carbocycles. The van der Waals surface area contributed by atoms with Gasteiger partial charge in [0.25, 0.3) is 0 Å². The molecule has 0 radical (unpaired) electrons. The number of carbonyl (C=O) groups excluding carboxylic acids is 1. The van der Waals surface area contributed by atoms with Crippen molar-refractivity contribution in [3.63, 3.8) is 0 Å². The molecular formula is C26H29Cl2N3O6. The number of nitrogens with zero attached hydrogens (tertiary/aromatic N) is 1. The highest BCUT2D eigenvalue weighted by Crippen LogP contribution is 2.31. The minimum Gasteiger partial charge on any atom is -0.478 e. The van der Waals surface area contributed by atoms with Gasteiger partial charge in [0.05, 0.1) is 18.8 Å². The summed E-state index contributed by atoms with van der Waals surface area (Å²) in [5.74, 6) is -0.302. The van der Waals surface area contributed by atoms with E-state index >= 15 is 0 Å². The Morgan fingerprint density at radius 2 is 1.92 bits per heavy atom. The smallest absolute Gasteiger partial charge is 0.411 e. The second-order valence-corrected chi connectivity index (χ2v) is 8.35. The summed E-state index contributed by atoms with van der Waals surface area (Å²) >= 11 is 0. The molecule has 1 amide bonds. The zero-order chi connectivity index (χ0) is 24.8. The number of aromatic nitrogens is 1. The van der Waals surface area contributed by atoms with Crippen molar-refractivity contribution >= 4 is 42.6 Å². The third-order valence-electron chi connectivity index (χ3n) is 5.90. The normalized spacial score (nSPS) is 14.7. The van der Waals surface area contributed by atoms with Crippen LogP contribution in [0.1, 0.15) is 39.6 Å². The van der Waals surface area contributed by atoms with E-state index in [-0.39, 0.29) is 47.9 Å². The van der Waals surface area contributed by atoms with Gasteiger partial charge in [-0.15, -0.1) is 24.8 Å². The molecule has 0 fully saturated rings. The van der Waals surface area contributed by atoms with E-state index in [1.54, 1.807) is 18.5 Å². The van der Waals surface area contributed by atoms with Gasteiger partial charge in [-0.3, -0.25) is 10.3 Å².